The van der Waals surface area contributed by atoms with Crippen molar-refractivity contribution >= 4 is 38.9 Å². The van der Waals surface area contributed by atoms with Crippen molar-refractivity contribution in [1.82, 2.24) is 9.97 Å². The summed E-state index contributed by atoms with van der Waals surface area (Å²) in [6.07, 6.45) is 1.71. The lowest BCUT2D eigenvalue weighted by molar-refractivity contribution is -0.141. The average Bonchev–Trinajstić information content (AvgIpc) is 3.17. The third kappa shape index (κ3) is 6.33. The maximum Gasteiger partial charge on any atom is 0.305 e. The Balaban J connectivity index is 1.72. The van der Waals surface area contributed by atoms with Gasteiger partial charge in [0.15, 0.2) is 21.2 Å². The summed E-state index contributed by atoms with van der Waals surface area (Å²) in [4.78, 5) is 32.9. The largest absolute Gasteiger partial charge is 0.477 e. The van der Waals surface area contributed by atoms with E-state index in [9.17, 15) is 26.8 Å². The van der Waals surface area contributed by atoms with Crippen molar-refractivity contribution in [1.29, 1.82) is 0 Å². The Bertz CT molecular complexity index is 1670. The number of rotatable bonds is 10. The lowest BCUT2D eigenvalue weighted by atomic mass is 9.89. The monoisotopic (exact) mass is 599 g/mol. The molecule has 0 saturated carbocycles. The Hall–Kier alpha value is -4.19. The van der Waals surface area contributed by atoms with Crippen molar-refractivity contribution in [3.05, 3.63) is 82.7 Å². The molecule has 0 spiro atoms. The number of nitrogens with one attached hydrogen (secondary N) is 1. The van der Waals surface area contributed by atoms with Gasteiger partial charge in [0.05, 0.1) is 18.4 Å². The topological polar surface area (TPSA) is 125 Å². The molecule has 0 aliphatic carbocycles. The van der Waals surface area contributed by atoms with Gasteiger partial charge in [0, 0.05) is 19.2 Å². The molecular weight excluding hydrogens is 568 g/mol. The number of hydrogen-bond acceptors (Lipinski definition) is 9. The number of sulfone groups is 1. The van der Waals surface area contributed by atoms with Crippen LogP contribution >= 0.6 is 0 Å². The van der Waals surface area contributed by atoms with Gasteiger partial charge in [-0.1, -0.05) is 31.2 Å². The highest BCUT2D eigenvalue weighted by atomic mass is 32.2. The third-order valence-corrected chi connectivity index (χ3v) is 8.59. The van der Waals surface area contributed by atoms with E-state index in [0.29, 0.717) is 23.4 Å². The summed E-state index contributed by atoms with van der Waals surface area (Å²) in [5.41, 5.74) is 0.365. The van der Waals surface area contributed by atoms with E-state index in [0.717, 1.165) is 18.2 Å². The van der Waals surface area contributed by atoms with Crippen LogP contribution in [0.15, 0.2) is 53.6 Å². The Morgan fingerprint density at radius 1 is 1.12 bits per heavy atom. The minimum absolute atomic E-state index is 0.0674. The number of esters is 1. The number of nitrogens with zero attached hydrogens (tertiary/aromatic N) is 2. The van der Waals surface area contributed by atoms with E-state index in [2.05, 4.69) is 15.3 Å². The maximum absolute atomic E-state index is 14.3. The van der Waals surface area contributed by atoms with E-state index in [-0.39, 0.29) is 46.9 Å². The van der Waals surface area contributed by atoms with Gasteiger partial charge < -0.3 is 14.8 Å². The number of ether oxygens (including phenoxy) is 2. The molecular formula is C30H31F2N3O6S. The number of hydrogen-bond donors (Lipinski definition) is 1. The van der Waals surface area contributed by atoms with Gasteiger partial charge >= 0.3 is 5.97 Å². The Kier molecular flexibility index (Phi) is 8.76. The van der Waals surface area contributed by atoms with E-state index in [1.54, 1.807) is 39.0 Å². The lowest BCUT2D eigenvalue weighted by Gasteiger charge is -2.18. The second-order valence-corrected chi connectivity index (χ2v) is 12.5. The highest BCUT2D eigenvalue weighted by Gasteiger charge is 2.44. The fourth-order valence-corrected chi connectivity index (χ4v) is 6.22. The van der Waals surface area contributed by atoms with E-state index in [1.807, 2.05) is 6.92 Å². The smallest absolute Gasteiger partial charge is 0.305 e. The molecule has 1 aliphatic heterocycles. The van der Waals surface area contributed by atoms with Gasteiger partial charge in [-0.05, 0) is 61.6 Å². The normalized spacial score (nSPS) is 15.4. The predicted molar refractivity (Wildman–Crippen MR) is 152 cm³/mol. The maximum atomic E-state index is 14.3. The molecule has 0 radical (unpaired) electrons. The number of anilines is 1. The first kappa shape index (κ1) is 30.8. The van der Waals surface area contributed by atoms with E-state index < -0.39 is 37.7 Å². The van der Waals surface area contributed by atoms with Crippen LogP contribution in [0, 0.1) is 24.5 Å². The molecule has 0 saturated heterocycles. The third-order valence-electron chi connectivity index (χ3n) is 6.89. The van der Waals surface area contributed by atoms with Gasteiger partial charge in [-0.2, -0.15) is 0 Å². The summed E-state index contributed by atoms with van der Waals surface area (Å²) in [6, 6.07) is 9.20. The number of benzene rings is 2. The van der Waals surface area contributed by atoms with Gasteiger partial charge in [-0.15, -0.1) is 0 Å². The van der Waals surface area contributed by atoms with Gasteiger partial charge in [-0.3, -0.25) is 9.59 Å². The highest BCUT2D eigenvalue weighted by molar-refractivity contribution is 7.90. The van der Waals surface area contributed by atoms with Crippen LogP contribution in [0.25, 0.3) is 11.3 Å². The van der Waals surface area contributed by atoms with E-state index in [4.69, 9.17) is 9.47 Å². The summed E-state index contributed by atoms with van der Waals surface area (Å²) >= 11 is 0. The van der Waals surface area contributed by atoms with Crippen molar-refractivity contribution in [2.24, 2.45) is 5.92 Å². The summed E-state index contributed by atoms with van der Waals surface area (Å²) in [5.74, 6) is -3.36. The number of methoxy groups -OCH3 is 1. The molecule has 42 heavy (non-hydrogen) atoms. The first-order chi connectivity index (χ1) is 19.7. The van der Waals surface area contributed by atoms with Crippen molar-refractivity contribution in [3.63, 3.8) is 0 Å². The summed E-state index contributed by atoms with van der Waals surface area (Å²) in [5, 5.41) is 3.07. The van der Waals surface area contributed by atoms with Crippen LogP contribution in [0.5, 0.6) is 0 Å². The zero-order chi connectivity index (χ0) is 30.8. The fraction of sp³-hybridized carbons (Fsp3) is 0.333. The number of halogens is 2. The molecule has 1 aliphatic rings. The summed E-state index contributed by atoms with van der Waals surface area (Å²) in [6.45, 7) is 7.11. The zero-order valence-corrected chi connectivity index (χ0v) is 24.6. The summed E-state index contributed by atoms with van der Waals surface area (Å²) < 4.78 is 65.6. The Morgan fingerprint density at radius 3 is 2.45 bits per heavy atom. The quantitative estimate of drug-likeness (QED) is 0.324. The first-order valence-electron chi connectivity index (χ1n) is 13.1. The molecule has 2 heterocycles. The first-order valence-corrected chi connectivity index (χ1v) is 14.8. The molecule has 0 unspecified atom stereocenters. The van der Waals surface area contributed by atoms with Gasteiger partial charge in [-0.25, -0.2) is 27.2 Å². The molecule has 1 atom stereocenters. The molecule has 0 fully saturated rings. The van der Waals surface area contributed by atoms with Gasteiger partial charge in [0.25, 0.3) is 0 Å². The average molecular weight is 600 g/mol. The molecule has 1 aromatic heterocycles. The van der Waals surface area contributed by atoms with Crippen LogP contribution < -0.4 is 5.32 Å². The lowest BCUT2D eigenvalue weighted by Crippen LogP contribution is -2.29. The molecule has 12 heteroatoms. The van der Waals surface area contributed by atoms with Crippen LogP contribution in [0.2, 0.25) is 0 Å². The standard InChI is InChI=1S/C30H31F2N3O6S/c1-17(14-24(36)40-5)15-34-29-33-13-12-23(35-29)26-25(28(37)30(3,4)41-26)20-9-6-8-19(18(20)2)16-42(38,39)27-21(31)10-7-11-22(27)32/h6-13,17H,14-16H2,1-5H3,(H,33,34,35)/t17-/m1/s1. The number of carbonyl (C=O) groups excluding carboxylic acids is 2. The molecule has 0 amide bonds. The molecule has 222 valence electrons. The van der Waals surface area contributed by atoms with Crippen LogP contribution in [-0.2, 0) is 34.7 Å². The number of aromatic nitrogens is 2. The molecule has 9 nitrogen and oxygen atoms in total. The molecule has 0 bridgehead atoms. The highest BCUT2D eigenvalue weighted by Crippen LogP contribution is 2.42. The molecule has 2 aromatic carbocycles. The summed E-state index contributed by atoms with van der Waals surface area (Å²) in [7, 11) is -3.08. The Labute approximate surface area is 242 Å². The fourth-order valence-electron chi connectivity index (χ4n) is 4.62. The van der Waals surface area contributed by atoms with Crippen LogP contribution in [0.3, 0.4) is 0 Å². The zero-order valence-electron chi connectivity index (χ0n) is 23.8. The van der Waals surface area contributed by atoms with Gasteiger partial charge in [0.2, 0.25) is 11.7 Å². The van der Waals surface area contributed by atoms with E-state index >= 15 is 0 Å². The number of ketones is 1. The van der Waals surface area contributed by atoms with Crippen molar-refractivity contribution < 1.29 is 36.3 Å². The van der Waals surface area contributed by atoms with Crippen molar-refractivity contribution in [2.45, 2.75) is 50.4 Å². The minimum Gasteiger partial charge on any atom is -0.477 e. The second-order valence-electron chi connectivity index (χ2n) is 10.6. The molecule has 1 N–H and O–H groups in total. The van der Waals surface area contributed by atoms with Crippen molar-refractivity contribution in [2.75, 3.05) is 19.0 Å². The second kappa shape index (κ2) is 12.0. The van der Waals surface area contributed by atoms with E-state index in [1.165, 1.54) is 19.4 Å². The van der Waals surface area contributed by atoms with Crippen LogP contribution in [-0.4, -0.2) is 49.4 Å². The molecule has 4 rings (SSSR count). The number of Topliss-reactive ketones (excluding diaryl/α,β-unsaturated/α-hetero) is 1. The SMILES string of the molecule is COC(=O)C[C@@H](C)CNc1nccc(C2=C(c3cccc(CS(=O)(=O)c4c(F)cccc4F)c3C)C(=O)C(C)(C)O2)n1. The van der Waals surface area contributed by atoms with Crippen LogP contribution in [0.1, 0.15) is 49.6 Å². The Morgan fingerprint density at radius 2 is 1.79 bits per heavy atom. The van der Waals surface area contributed by atoms with Crippen molar-refractivity contribution in [3.8, 4) is 0 Å². The molecule has 3 aromatic rings. The number of carbonyl (C=O) groups is 2. The van der Waals surface area contributed by atoms with Gasteiger partial charge in [0.1, 0.15) is 22.2 Å². The predicted octanol–water partition coefficient (Wildman–Crippen LogP) is 4.89. The van der Waals surface area contributed by atoms with Crippen LogP contribution in [0.4, 0.5) is 14.7 Å². The minimum atomic E-state index is -4.41.